The predicted molar refractivity (Wildman–Crippen MR) is 61.7 cm³/mol. The first-order chi connectivity index (χ1) is 7.65. The van der Waals surface area contributed by atoms with Gasteiger partial charge in [-0.15, -0.1) is 0 Å². The molecule has 2 aromatic heterocycles. The van der Waals surface area contributed by atoms with Crippen LogP contribution in [0.2, 0.25) is 0 Å². The lowest BCUT2D eigenvalue weighted by Gasteiger charge is -2.03. The molecule has 84 valence electrons. The first-order valence-corrected chi connectivity index (χ1v) is 4.95. The normalized spacial score (nSPS) is 10.4. The highest BCUT2D eigenvalue weighted by molar-refractivity contribution is 5.59. The van der Waals surface area contributed by atoms with Crippen molar-refractivity contribution in [3.8, 4) is 0 Å². The smallest absolute Gasteiger partial charge is 0.171 e. The second-order valence-corrected chi connectivity index (χ2v) is 3.61. The van der Waals surface area contributed by atoms with Crippen LogP contribution in [0, 0.1) is 6.92 Å². The molecule has 0 spiro atoms. The highest BCUT2D eigenvalue weighted by atomic mass is 15.3. The van der Waals surface area contributed by atoms with Gasteiger partial charge < -0.3 is 11.1 Å². The summed E-state index contributed by atoms with van der Waals surface area (Å²) in [5, 5.41) is 7.29. The van der Waals surface area contributed by atoms with Crippen LogP contribution in [0.15, 0.2) is 18.6 Å². The summed E-state index contributed by atoms with van der Waals surface area (Å²) in [4.78, 5) is 8.39. The summed E-state index contributed by atoms with van der Waals surface area (Å²) in [6, 6.07) is 0. The topological polar surface area (TPSA) is 81.7 Å². The van der Waals surface area contributed by atoms with Gasteiger partial charge in [-0.25, -0.2) is 0 Å². The van der Waals surface area contributed by atoms with E-state index < -0.39 is 0 Å². The molecule has 0 saturated heterocycles. The Kier molecular flexibility index (Phi) is 2.72. The molecule has 0 unspecified atom stereocenters. The Balaban J connectivity index is 2.02. The highest BCUT2D eigenvalue weighted by Gasteiger charge is 2.03. The van der Waals surface area contributed by atoms with Crippen molar-refractivity contribution in [2.75, 3.05) is 11.1 Å². The van der Waals surface area contributed by atoms with E-state index in [0.717, 1.165) is 11.4 Å². The molecule has 0 atom stereocenters. The summed E-state index contributed by atoms with van der Waals surface area (Å²) in [6.07, 6.45) is 5.23. The van der Waals surface area contributed by atoms with Crippen molar-refractivity contribution >= 4 is 11.5 Å². The molecule has 0 saturated carbocycles. The Hall–Kier alpha value is -2.11. The minimum absolute atomic E-state index is 0.564. The number of anilines is 2. The number of nitrogens with one attached hydrogen (secondary N) is 1. The third kappa shape index (κ3) is 2.28. The fraction of sp³-hybridized carbons (Fsp3) is 0.300. The molecule has 2 heterocycles. The van der Waals surface area contributed by atoms with Gasteiger partial charge >= 0.3 is 0 Å². The van der Waals surface area contributed by atoms with Crippen molar-refractivity contribution in [1.82, 2.24) is 19.7 Å². The van der Waals surface area contributed by atoms with Gasteiger partial charge in [0, 0.05) is 19.4 Å². The predicted octanol–water partition coefficient (Wildman–Crippen LogP) is 0.713. The van der Waals surface area contributed by atoms with Crippen LogP contribution in [0.4, 0.5) is 11.5 Å². The van der Waals surface area contributed by atoms with E-state index in [2.05, 4.69) is 20.4 Å². The molecule has 0 aromatic carbocycles. The van der Waals surface area contributed by atoms with Gasteiger partial charge in [0.1, 0.15) is 0 Å². The van der Waals surface area contributed by atoms with Gasteiger partial charge in [-0.3, -0.25) is 14.6 Å². The third-order valence-corrected chi connectivity index (χ3v) is 2.13. The lowest BCUT2D eigenvalue weighted by molar-refractivity contribution is 0.767. The van der Waals surface area contributed by atoms with Gasteiger partial charge in [-0.05, 0) is 6.92 Å². The number of hydrogen-bond donors (Lipinski definition) is 2. The van der Waals surface area contributed by atoms with Crippen LogP contribution in [0.3, 0.4) is 0 Å². The first-order valence-electron chi connectivity index (χ1n) is 4.95. The van der Waals surface area contributed by atoms with Crippen LogP contribution in [0.25, 0.3) is 0 Å². The van der Waals surface area contributed by atoms with Gasteiger partial charge in [-0.1, -0.05) is 0 Å². The zero-order valence-corrected chi connectivity index (χ0v) is 9.31. The Bertz CT molecular complexity index is 473. The molecule has 0 aliphatic rings. The van der Waals surface area contributed by atoms with E-state index in [4.69, 9.17) is 5.73 Å². The van der Waals surface area contributed by atoms with Crippen molar-refractivity contribution in [2.24, 2.45) is 7.05 Å². The van der Waals surface area contributed by atoms with E-state index in [1.165, 1.54) is 0 Å². The van der Waals surface area contributed by atoms with Gasteiger partial charge in [-0.2, -0.15) is 5.10 Å². The zero-order valence-electron chi connectivity index (χ0n) is 9.31. The van der Waals surface area contributed by atoms with Crippen molar-refractivity contribution in [1.29, 1.82) is 0 Å². The molecular weight excluding hydrogens is 204 g/mol. The standard InChI is InChI=1S/C10H14N6/c1-7-3-13-8(4-12-7)5-14-10-9(11)6-16(2)15-10/h3-4,6H,5,11H2,1-2H3,(H,14,15). The Morgan fingerprint density at radius 1 is 1.38 bits per heavy atom. The largest absolute Gasteiger partial charge is 0.394 e. The summed E-state index contributed by atoms with van der Waals surface area (Å²) >= 11 is 0. The summed E-state index contributed by atoms with van der Waals surface area (Å²) in [7, 11) is 1.83. The number of nitrogens with zero attached hydrogens (tertiary/aromatic N) is 4. The van der Waals surface area contributed by atoms with Gasteiger partial charge in [0.15, 0.2) is 5.82 Å². The van der Waals surface area contributed by atoms with E-state index in [-0.39, 0.29) is 0 Å². The Labute approximate surface area is 93.5 Å². The van der Waals surface area contributed by atoms with Crippen LogP contribution in [-0.2, 0) is 13.6 Å². The van der Waals surface area contributed by atoms with Gasteiger partial charge in [0.05, 0.1) is 29.8 Å². The van der Waals surface area contributed by atoms with Crippen LogP contribution in [0.1, 0.15) is 11.4 Å². The molecule has 0 aliphatic carbocycles. The molecule has 6 nitrogen and oxygen atoms in total. The first kappa shape index (κ1) is 10.4. The monoisotopic (exact) mass is 218 g/mol. The van der Waals surface area contributed by atoms with E-state index in [9.17, 15) is 0 Å². The molecule has 6 heteroatoms. The summed E-state index contributed by atoms with van der Waals surface area (Å²) < 4.78 is 1.67. The zero-order chi connectivity index (χ0) is 11.5. The highest BCUT2D eigenvalue weighted by Crippen LogP contribution is 2.14. The van der Waals surface area contributed by atoms with Gasteiger partial charge in [0.25, 0.3) is 0 Å². The second kappa shape index (κ2) is 4.18. The lowest BCUT2D eigenvalue weighted by atomic mass is 10.4. The molecular formula is C10H14N6. The fourth-order valence-corrected chi connectivity index (χ4v) is 1.33. The van der Waals surface area contributed by atoms with E-state index in [1.807, 2.05) is 14.0 Å². The Morgan fingerprint density at radius 2 is 2.19 bits per heavy atom. The molecule has 0 amide bonds. The van der Waals surface area contributed by atoms with Crippen molar-refractivity contribution in [2.45, 2.75) is 13.5 Å². The number of aryl methyl sites for hydroxylation is 2. The maximum atomic E-state index is 5.75. The van der Waals surface area contributed by atoms with Crippen LogP contribution < -0.4 is 11.1 Å². The molecule has 2 rings (SSSR count). The number of rotatable bonds is 3. The van der Waals surface area contributed by atoms with Crippen LogP contribution in [-0.4, -0.2) is 19.7 Å². The molecule has 16 heavy (non-hydrogen) atoms. The van der Waals surface area contributed by atoms with Crippen molar-refractivity contribution in [3.05, 3.63) is 30.0 Å². The molecule has 0 bridgehead atoms. The van der Waals surface area contributed by atoms with E-state index in [0.29, 0.717) is 18.1 Å². The summed E-state index contributed by atoms with van der Waals surface area (Å²) in [5.41, 5.74) is 8.14. The molecule has 3 N–H and O–H groups in total. The third-order valence-electron chi connectivity index (χ3n) is 2.13. The molecule has 0 radical (unpaired) electrons. The molecule has 2 aromatic rings. The average molecular weight is 218 g/mol. The fourth-order valence-electron chi connectivity index (χ4n) is 1.33. The van der Waals surface area contributed by atoms with Gasteiger partial charge in [0.2, 0.25) is 0 Å². The Morgan fingerprint density at radius 3 is 2.75 bits per heavy atom. The number of nitrogens with two attached hydrogens (primary N) is 1. The van der Waals surface area contributed by atoms with Crippen LogP contribution in [0.5, 0.6) is 0 Å². The number of hydrogen-bond acceptors (Lipinski definition) is 5. The minimum atomic E-state index is 0.564. The maximum Gasteiger partial charge on any atom is 0.171 e. The number of aromatic nitrogens is 4. The minimum Gasteiger partial charge on any atom is -0.394 e. The average Bonchev–Trinajstić information content (AvgIpc) is 2.57. The maximum absolute atomic E-state index is 5.75. The van der Waals surface area contributed by atoms with E-state index in [1.54, 1.807) is 23.3 Å². The summed E-state index contributed by atoms with van der Waals surface area (Å²) in [6.45, 7) is 2.47. The van der Waals surface area contributed by atoms with E-state index >= 15 is 0 Å². The number of nitrogen functional groups attached to an aromatic ring is 1. The molecule has 0 aliphatic heterocycles. The summed E-state index contributed by atoms with van der Waals surface area (Å²) in [5.74, 6) is 0.671. The SMILES string of the molecule is Cc1cnc(CNc2nn(C)cc2N)cn1. The lowest BCUT2D eigenvalue weighted by Crippen LogP contribution is -2.04. The second-order valence-electron chi connectivity index (χ2n) is 3.61. The van der Waals surface area contributed by atoms with Crippen LogP contribution >= 0.6 is 0 Å². The van der Waals surface area contributed by atoms with Crippen molar-refractivity contribution in [3.63, 3.8) is 0 Å². The molecule has 0 fully saturated rings. The quantitative estimate of drug-likeness (QED) is 0.793. The van der Waals surface area contributed by atoms with Crippen molar-refractivity contribution < 1.29 is 0 Å².